The summed E-state index contributed by atoms with van der Waals surface area (Å²) < 4.78 is 0. The van der Waals surface area contributed by atoms with Crippen molar-refractivity contribution in [2.45, 2.75) is 58.4 Å². The number of hydrogen-bond donors (Lipinski definition) is 2. The summed E-state index contributed by atoms with van der Waals surface area (Å²) in [6, 6.07) is 8.18. The van der Waals surface area contributed by atoms with Crippen LogP contribution >= 0.6 is 12.4 Å². The first-order valence-electron chi connectivity index (χ1n) is 7.18. The molecule has 0 aliphatic carbocycles. The van der Waals surface area contributed by atoms with Crippen LogP contribution in [0.4, 0.5) is 0 Å². The average molecular weight is 313 g/mol. The lowest BCUT2D eigenvalue weighted by molar-refractivity contribution is -0.122. The number of rotatable bonds is 4. The molecule has 120 valence electrons. The summed E-state index contributed by atoms with van der Waals surface area (Å²) in [6.45, 7) is 13.1. The minimum absolute atomic E-state index is 0. The van der Waals surface area contributed by atoms with Crippen LogP contribution in [-0.2, 0) is 15.6 Å². The van der Waals surface area contributed by atoms with Crippen molar-refractivity contribution in [2.75, 3.05) is 6.54 Å². The van der Waals surface area contributed by atoms with Crippen molar-refractivity contribution in [1.82, 2.24) is 5.32 Å². The zero-order chi connectivity index (χ0) is 15.6. The Morgan fingerprint density at radius 2 is 1.52 bits per heavy atom. The van der Waals surface area contributed by atoms with Crippen LogP contribution in [0.25, 0.3) is 0 Å². The minimum atomic E-state index is -0.464. The van der Waals surface area contributed by atoms with Crippen molar-refractivity contribution in [2.24, 2.45) is 5.73 Å². The molecule has 4 heteroatoms. The monoisotopic (exact) mass is 312 g/mol. The van der Waals surface area contributed by atoms with Crippen molar-refractivity contribution < 1.29 is 4.79 Å². The Morgan fingerprint density at radius 3 is 1.90 bits per heavy atom. The number of halogens is 1. The topological polar surface area (TPSA) is 55.1 Å². The second kappa shape index (κ2) is 7.28. The zero-order valence-corrected chi connectivity index (χ0v) is 14.8. The van der Waals surface area contributed by atoms with Crippen molar-refractivity contribution in [3.8, 4) is 0 Å². The van der Waals surface area contributed by atoms with E-state index in [0.717, 1.165) is 0 Å². The van der Waals surface area contributed by atoms with Crippen LogP contribution in [0.15, 0.2) is 24.3 Å². The van der Waals surface area contributed by atoms with E-state index in [2.05, 4.69) is 64.2 Å². The summed E-state index contributed by atoms with van der Waals surface area (Å²) in [5, 5.41) is 2.90. The number of amides is 1. The van der Waals surface area contributed by atoms with Crippen LogP contribution in [0.3, 0.4) is 0 Å². The van der Waals surface area contributed by atoms with E-state index in [0.29, 0.717) is 6.54 Å². The lowest BCUT2D eigenvalue weighted by atomic mass is 9.81. The molecule has 0 unspecified atom stereocenters. The number of benzene rings is 1. The number of carbonyl (C=O) groups is 1. The number of carbonyl (C=O) groups excluding carboxylic acids is 1. The van der Waals surface area contributed by atoms with Gasteiger partial charge in [0, 0.05) is 12.0 Å². The van der Waals surface area contributed by atoms with Gasteiger partial charge in [0.15, 0.2) is 0 Å². The Kier molecular flexibility index (Phi) is 6.91. The first-order chi connectivity index (χ1) is 9.04. The van der Waals surface area contributed by atoms with Gasteiger partial charge in [-0.25, -0.2) is 0 Å². The molecule has 0 aliphatic heterocycles. The minimum Gasteiger partial charge on any atom is -0.354 e. The molecule has 1 aromatic rings. The SMILES string of the molecule is C[C@@H](N)C(=O)NCC(C)(C)c1ccc(C(C)(C)C)cc1.Cl. The molecule has 1 aromatic carbocycles. The molecule has 21 heavy (non-hydrogen) atoms. The summed E-state index contributed by atoms with van der Waals surface area (Å²) in [5.41, 5.74) is 8.14. The molecule has 0 bridgehead atoms. The standard InChI is InChI=1S/C17H28N2O.ClH/c1-12(18)15(20)19-11-17(5,6)14-9-7-13(8-10-14)16(2,3)4;/h7-10,12H,11,18H2,1-6H3,(H,19,20);1H/t12-;/m1./s1. The lowest BCUT2D eigenvalue weighted by Crippen LogP contribution is -2.43. The van der Waals surface area contributed by atoms with E-state index in [1.807, 2.05) is 0 Å². The van der Waals surface area contributed by atoms with Crippen molar-refractivity contribution >= 4 is 18.3 Å². The maximum absolute atomic E-state index is 11.6. The molecule has 1 amide bonds. The van der Waals surface area contributed by atoms with E-state index in [9.17, 15) is 4.79 Å². The first-order valence-corrected chi connectivity index (χ1v) is 7.18. The predicted molar refractivity (Wildman–Crippen MR) is 92.1 cm³/mol. The molecule has 0 heterocycles. The van der Waals surface area contributed by atoms with E-state index in [1.54, 1.807) is 6.92 Å². The molecule has 3 nitrogen and oxygen atoms in total. The molecule has 1 atom stereocenters. The van der Waals surface area contributed by atoms with Crippen LogP contribution in [-0.4, -0.2) is 18.5 Å². The van der Waals surface area contributed by atoms with Crippen LogP contribution in [0.1, 0.15) is 52.7 Å². The fourth-order valence-corrected chi connectivity index (χ4v) is 1.99. The molecule has 0 radical (unpaired) electrons. The quantitative estimate of drug-likeness (QED) is 0.897. The van der Waals surface area contributed by atoms with Gasteiger partial charge in [-0.15, -0.1) is 12.4 Å². The Labute approximate surface area is 135 Å². The Morgan fingerprint density at radius 1 is 1.10 bits per heavy atom. The van der Waals surface area contributed by atoms with Gasteiger partial charge in [0.2, 0.25) is 5.91 Å². The molecular formula is C17H29ClN2O. The van der Waals surface area contributed by atoms with Gasteiger partial charge in [0.25, 0.3) is 0 Å². The molecule has 0 fully saturated rings. The van der Waals surface area contributed by atoms with Crippen LogP contribution in [0, 0.1) is 0 Å². The van der Waals surface area contributed by atoms with E-state index in [4.69, 9.17) is 5.73 Å². The van der Waals surface area contributed by atoms with E-state index in [1.165, 1.54) is 11.1 Å². The Balaban J connectivity index is 0.00000400. The second-order valence-electron chi connectivity index (χ2n) is 7.22. The molecular weight excluding hydrogens is 284 g/mol. The maximum atomic E-state index is 11.6. The summed E-state index contributed by atoms with van der Waals surface area (Å²) in [7, 11) is 0. The van der Waals surface area contributed by atoms with Gasteiger partial charge >= 0.3 is 0 Å². The third-order valence-corrected chi connectivity index (χ3v) is 3.65. The van der Waals surface area contributed by atoms with E-state index < -0.39 is 6.04 Å². The normalized spacial score (nSPS) is 13.3. The third kappa shape index (κ3) is 5.68. The van der Waals surface area contributed by atoms with Gasteiger partial charge in [-0.1, -0.05) is 58.9 Å². The molecule has 1 rings (SSSR count). The maximum Gasteiger partial charge on any atom is 0.236 e. The molecule has 0 aromatic heterocycles. The molecule has 0 aliphatic rings. The highest BCUT2D eigenvalue weighted by atomic mass is 35.5. The van der Waals surface area contributed by atoms with Gasteiger partial charge < -0.3 is 11.1 Å². The number of nitrogens with one attached hydrogen (secondary N) is 1. The van der Waals surface area contributed by atoms with Gasteiger partial charge in [-0.3, -0.25) is 4.79 Å². The van der Waals surface area contributed by atoms with E-state index in [-0.39, 0.29) is 29.1 Å². The largest absolute Gasteiger partial charge is 0.354 e. The third-order valence-electron chi connectivity index (χ3n) is 3.65. The highest BCUT2D eigenvalue weighted by Gasteiger charge is 2.23. The fraction of sp³-hybridized carbons (Fsp3) is 0.588. The average Bonchev–Trinajstić information content (AvgIpc) is 2.35. The Bertz CT molecular complexity index is 459. The summed E-state index contributed by atoms with van der Waals surface area (Å²) in [5.74, 6) is -0.107. The van der Waals surface area contributed by atoms with Gasteiger partial charge in [-0.05, 0) is 23.5 Å². The summed E-state index contributed by atoms with van der Waals surface area (Å²) >= 11 is 0. The molecule has 0 saturated carbocycles. The van der Waals surface area contributed by atoms with Gasteiger partial charge in [-0.2, -0.15) is 0 Å². The second-order valence-corrected chi connectivity index (χ2v) is 7.22. The van der Waals surface area contributed by atoms with Crippen LogP contribution in [0.2, 0.25) is 0 Å². The van der Waals surface area contributed by atoms with Crippen molar-refractivity contribution in [1.29, 1.82) is 0 Å². The molecule has 3 N–H and O–H groups in total. The summed E-state index contributed by atoms with van der Waals surface area (Å²) in [6.07, 6.45) is 0. The zero-order valence-electron chi connectivity index (χ0n) is 14.0. The van der Waals surface area contributed by atoms with Crippen molar-refractivity contribution in [3.63, 3.8) is 0 Å². The smallest absolute Gasteiger partial charge is 0.236 e. The number of nitrogens with two attached hydrogens (primary N) is 1. The van der Waals surface area contributed by atoms with Gasteiger partial charge in [0.05, 0.1) is 6.04 Å². The highest BCUT2D eigenvalue weighted by molar-refractivity contribution is 5.85. The van der Waals surface area contributed by atoms with Crippen molar-refractivity contribution in [3.05, 3.63) is 35.4 Å². The Hall–Kier alpha value is -1.06. The van der Waals surface area contributed by atoms with Crippen LogP contribution < -0.4 is 11.1 Å². The van der Waals surface area contributed by atoms with Crippen LogP contribution in [0.5, 0.6) is 0 Å². The van der Waals surface area contributed by atoms with Gasteiger partial charge in [0.1, 0.15) is 0 Å². The predicted octanol–water partition coefficient (Wildman–Crippen LogP) is 3.15. The fourth-order valence-electron chi connectivity index (χ4n) is 1.99. The lowest BCUT2D eigenvalue weighted by Gasteiger charge is -2.27. The first kappa shape index (κ1) is 19.9. The number of hydrogen-bond acceptors (Lipinski definition) is 2. The summed E-state index contributed by atoms with van der Waals surface area (Å²) in [4.78, 5) is 11.6. The molecule has 0 saturated heterocycles. The van der Waals surface area contributed by atoms with E-state index >= 15 is 0 Å². The highest BCUT2D eigenvalue weighted by Crippen LogP contribution is 2.27. The molecule has 0 spiro atoms.